The number of nitrogen functional groups attached to an aromatic ring is 1. The summed E-state index contributed by atoms with van der Waals surface area (Å²) in [4.78, 5) is 19.1. The minimum absolute atomic E-state index is 0.216. The fourth-order valence-electron chi connectivity index (χ4n) is 0.600. The van der Waals surface area contributed by atoms with E-state index in [1.165, 1.54) is 24.7 Å². The number of hydrogen-bond donors (Lipinski definition) is 1. The van der Waals surface area contributed by atoms with Gasteiger partial charge in [0, 0.05) is 5.38 Å². The standard InChI is InChI=1S/C7H9N3O3S/c1-12-6(11)3-13-9-2-5-4-14-7(8)10-5/h2,4H,3H2,1H3,(H2,8,10)/b9-2+. The van der Waals surface area contributed by atoms with Gasteiger partial charge in [-0.1, -0.05) is 5.16 Å². The lowest BCUT2D eigenvalue weighted by atomic mass is 10.6. The van der Waals surface area contributed by atoms with Gasteiger partial charge < -0.3 is 15.3 Å². The molecule has 0 aliphatic heterocycles. The topological polar surface area (TPSA) is 86.8 Å². The number of thiazole rings is 1. The van der Waals surface area contributed by atoms with Gasteiger partial charge in [-0.3, -0.25) is 0 Å². The summed E-state index contributed by atoms with van der Waals surface area (Å²) in [5.74, 6) is -0.486. The number of esters is 1. The van der Waals surface area contributed by atoms with E-state index < -0.39 is 5.97 Å². The summed E-state index contributed by atoms with van der Waals surface area (Å²) < 4.78 is 4.34. The van der Waals surface area contributed by atoms with Gasteiger partial charge in [-0.25, -0.2) is 9.78 Å². The molecule has 7 heteroatoms. The van der Waals surface area contributed by atoms with Gasteiger partial charge >= 0.3 is 5.97 Å². The molecule has 0 bridgehead atoms. The van der Waals surface area contributed by atoms with Crippen molar-refractivity contribution in [1.82, 2.24) is 4.98 Å². The van der Waals surface area contributed by atoms with E-state index in [-0.39, 0.29) is 6.61 Å². The highest BCUT2D eigenvalue weighted by Crippen LogP contribution is 2.08. The highest BCUT2D eigenvalue weighted by atomic mass is 32.1. The molecule has 0 radical (unpaired) electrons. The van der Waals surface area contributed by atoms with Gasteiger partial charge in [0.2, 0.25) is 6.61 Å². The molecule has 0 fully saturated rings. The van der Waals surface area contributed by atoms with E-state index >= 15 is 0 Å². The Hall–Kier alpha value is -1.63. The summed E-state index contributed by atoms with van der Waals surface area (Å²) in [7, 11) is 1.27. The van der Waals surface area contributed by atoms with Crippen molar-refractivity contribution < 1.29 is 14.4 Å². The first-order valence-electron chi connectivity index (χ1n) is 3.65. The second-order valence-corrected chi connectivity index (χ2v) is 3.08. The Morgan fingerprint density at radius 3 is 3.21 bits per heavy atom. The summed E-state index contributed by atoms with van der Waals surface area (Å²) in [5, 5.41) is 5.69. The smallest absolute Gasteiger partial charge is 0.346 e. The number of ether oxygens (including phenoxy) is 1. The predicted octanol–water partition coefficient (Wildman–Crippen LogP) is 0.249. The van der Waals surface area contributed by atoms with Crippen molar-refractivity contribution in [1.29, 1.82) is 0 Å². The molecular formula is C7H9N3O3S. The van der Waals surface area contributed by atoms with Crippen molar-refractivity contribution in [3.8, 4) is 0 Å². The van der Waals surface area contributed by atoms with Crippen LogP contribution >= 0.6 is 11.3 Å². The number of nitrogens with zero attached hydrogens (tertiary/aromatic N) is 2. The molecule has 0 saturated carbocycles. The van der Waals surface area contributed by atoms with Crippen molar-refractivity contribution in [2.45, 2.75) is 0 Å². The van der Waals surface area contributed by atoms with Gasteiger partial charge in [0.05, 0.1) is 19.0 Å². The normalized spacial score (nSPS) is 10.4. The maximum atomic E-state index is 10.6. The predicted molar refractivity (Wildman–Crippen MR) is 52.1 cm³/mol. The molecule has 1 aromatic rings. The SMILES string of the molecule is COC(=O)CO/N=C/c1csc(N)n1. The van der Waals surface area contributed by atoms with Crippen molar-refractivity contribution >= 4 is 28.7 Å². The second-order valence-electron chi connectivity index (χ2n) is 2.19. The van der Waals surface area contributed by atoms with Crippen molar-refractivity contribution in [3.05, 3.63) is 11.1 Å². The van der Waals surface area contributed by atoms with Gasteiger partial charge in [0.1, 0.15) is 0 Å². The van der Waals surface area contributed by atoms with Crippen molar-refractivity contribution in [2.24, 2.45) is 5.16 Å². The molecule has 0 aliphatic rings. The molecular weight excluding hydrogens is 206 g/mol. The molecule has 0 aliphatic carbocycles. The van der Waals surface area contributed by atoms with E-state index in [0.717, 1.165) is 0 Å². The maximum absolute atomic E-state index is 10.6. The number of rotatable bonds is 4. The molecule has 0 saturated heterocycles. The largest absolute Gasteiger partial charge is 0.466 e. The fourth-order valence-corrected chi connectivity index (χ4v) is 1.11. The monoisotopic (exact) mass is 215 g/mol. The molecule has 0 spiro atoms. The number of nitrogens with two attached hydrogens (primary N) is 1. The lowest BCUT2D eigenvalue weighted by Gasteiger charge is -1.95. The first-order chi connectivity index (χ1) is 6.72. The molecule has 0 amide bonds. The van der Waals surface area contributed by atoms with Crippen LogP contribution in [-0.4, -0.2) is 30.9 Å². The van der Waals surface area contributed by atoms with E-state index in [1.807, 2.05) is 0 Å². The molecule has 2 N–H and O–H groups in total. The van der Waals surface area contributed by atoms with Gasteiger partial charge in [0.25, 0.3) is 0 Å². The number of aromatic nitrogens is 1. The Balaban J connectivity index is 2.31. The third-order valence-electron chi connectivity index (χ3n) is 1.21. The van der Waals surface area contributed by atoms with Crippen LogP contribution in [0.4, 0.5) is 5.13 Å². The molecule has 1 rings (SSSR count). The molecule has 1 aromatic heterocycles. The van der Waals surface area contributed by atoms with Gasteiger partial charge in [0.15, 0.2) is 5.13 Å². The van der Waals surface area contributed by atoms with Gasteiger partial charge in [-0.15, -0.1) is 11.3 Å². The minimum Gasteiger partial charge on any atom is -0.466 e. The van der Waals surface area contributed by atoms with Gasteiger partial charge in [-0.05, 0) is 0 Å². The number of carbonyl (C=O) groups excluding carboxylic acids is 1. The Morgan fingerprint density at radius 2 is 2.64 bits per heavy atom. The zero-order chi connectivity index (χ0) is 10.4. The molecule has 0 aromatic carbocycles. The van der Waals surface area contributed by atoms with E-state index in [0.29, 0.717) is 10.8 Å². The first-order valence-corrected chi connectivity index (χ1v) is 4.53. The molecule has 0 unspecified atom stereocenters. The van der Waals surface area contributed by atoms with Crippen LogP contribution in [0.25, 0.3) is 0 Å². The van der Waals surface area contributed by atoms with E-state index in [2.05, 4.69) is 19.7 Å². The summed E-state index contributed by atoms with van der Waals surface area (Å²) in [6, 6.07) is 0. The van der Waals surface area contributed by atoms with Crippen LogP contribution in [0, 0.1) is 0 Å². The molecule has 76 valence electrons. The van der Waals surface area contributed by atoms with Crippen molar-refractivity contribution in [3.63, 3.8) is 0 Å². The number of methoxy groups -OCH3 is 1. The quantitative estimate of drug-likeness (QED) is 0.442. The van der Waals surface area contributed by atoms with Crippen LogP contribution in [0.1, 0.15) is 5.69 Å². The van der Waals surface area contributed by atoms with E-state index in [1.54, 1.807) is 5.38 Å². The third-order valence-corrected chi connectivity index (χ3v) is 1.90. The molecule has 6 nitrogen and oxygen atoms in total. The summed E-state index contributed by atoms with van der Waals surface area (Å²) in [6.07, 6.45) is 1.37. The van der Waals surface area contributed by atoms with Crippen LogP contribution in [0.5, 0.6) is 0 Å². The van der Waals surface area contributed by atoms with Crippen LogP contribution in [0.3, 0.4) is 0 Å². The summed E-state index contributed by atoms with van der Waals surface area (Å²) in [6.45, 7) is -0.216. The first kappa shape index (κ1) is 10.5. The molecule has 1 heterocycles. The lowest BCUT2D eigenvalue weighted by molar-refractivity contribution is -0.145. The zero-order valence-electron chi connectivity index (χ0n) is 7.47. The fraction of sp³-hybridized carbons (Fsp3) is 0.286. The number of oxime groups is 1. The van der Waals surface area contributed by atoms with Crippen LogP contribution in [0.2, 0.25) is 0 Å². The highest BCUT2D eigenvalue weighted by Gasteiger charge is 1.98. The molecule has 0 atom stereocenters. The number of hydrogen-bond acceptors (Lipinski definition) is 7. The summed E-state index contributed by atoms with van der Waals surface area (Å²) >= 11 is 1.30. The Kier molecular flexibility index (Phi) is 3.86. The van der Waals surface area contributed by atoms with Crippen LogP contribution in [-0.2, 0) is 14.4 Å². The second kappa shape index (κ2) is 5.18. The average molecular weight is 215 g/mol. The lowest BCUT2D eigenvalue weighted by Crippen LogP contribution is -2.07. The highest BCUT2D eigenvalue weighted by molar-refractivity contribution is 7.13. The van der Waals surface area contributed by atoms with E-state index in [4.69, 9.17) is 5.73 Å². The number of anilines is 1. The maximum Gasteiger partial charge on any atom is 0.346 e. The average Bonchev–Trinajstić information content (AvgIpc) is 2.58. The van der Waals surface area contributed by atoms with Crippen LogP contribution < -0.4 is 5.73 Å². The van der Waals surface area contributed by atoms with Gasteiger partial charge in [-0.2, -0.15) is 0 Å². The molecule has 14 heavy (non-hydrogen) atoms. The zero-order valence-corrected chi connectivity index (χ0v) is 8.28. The Morgan fingerprint density at radius 1 is 1.86 bits per heavy atom. The van der Waals surface area contributed by atoms with E-state index in [9.17, 15) is 4.79 Å². The third kappa shape index (κ3) is 3.40. The van der Waals surface area contributed by atoms with Crippen LogP contribution in [0.15, 0.2) is 10.5 Å². The minimum atomic E-state index is -0.486. The van der Waals surface area contributed by atoms with Crippen molar-refractivity contribution in [2.75, 3.05) is 19.5 Å². The number of carbonyl (C=O) groups is 1. The summed E-state index contributed by atoms with van der Waals surface area (Å²) in [5.41, 5.74) is 5.98. The Bertz CT molecular complexity index is 337. The Labute approximate surface area is 84.3 Å².